The van der Waals surface area contributed by atoms with Gasteiger partial charge in [0.1, 0.15) is 12.1 Å². The van der Waals surface area contributed by atoms with Gasteiger partial charge in [-0.1, -0.05) is 172 Å². The van der Waals surface area contributed by atoms with Crippen molar-refractivity contribution < 1.29 is 0 Å². The van der Waals surface area contributed by atoms with Crippen molar-refractivity contribution in [2.24, 2.45) is 0 Å². The molecule has 0 amide bonds. The smallest absolute Gasteiger partial charge is 0.101 e. The first-order valence-corrected chi connectivity index (χ1v) is 20.6. The third-order valence-electron chi connectivity index (χ3n) is 9.48. The summed E-state index contributed by atoms with van der Waals surface area (Å²) >= 11 is 0. The summed E-state index contributed by atoms with van der Waals surface area (Å²) in [5.74, 6) is 0. The monoisotopic (exact) mass is 754 g/mol. The van der Waals surface area contributed by atoms with E-state index >= 15 is 0 Å². The van der Waals surface area contributed by atoms with Gasteiger partial charge in [0.15, 0.2) is 0 Å². The fourth-order valence-corrected chi connectivity index (χ4v) is 10.2. The number of anilines is 4. The van der Waals surface area contributed by atoms with Gasteiger partial charge in [-0.3, -0.25) is 0 Å². The first-order chi connectivity index (χ1) is 27.7. The lowest BCUT2D eigenvalue weighted by atomic mass is 10.0. The summed E-state index contributed by atoms with van der Waals surface area (Å²) in [7, 11) is -0.340. The van der Waals surface area contributed by atoms with Crippen LogP contribution in [0.3, 0.4) is 0 Å². The van der Waals surface area contributed by atoms with Crippen LogP contribution in [0.25, 0.3) is 22.3 Å². The molecule has 0 fully saturated rings. The summed E-state index contributed by atoms with van der Waals surface area (Å²) in [5, 5.41) is 34.0. The zero-order valence-corrected chi connectivity index (χ0v) is 32.3. The molecule has 2 N–H and O–H groups in total. The first kappa shape index (κ1) is 36.2. The number of nitrogens with one attached hydrogen (secondary N) is 2. The molecule has 4 nitrogen and oxygen atoms in total. The van der Waals surface area contributed by atoms with E-state index in [-0.39, 0.29) is 0 Å². The highest BCUT2D eigenvalue weighted by Gasteiger charge is 2.20. The minimum Gasteiger partial charge on any atom is -0.353 e. The van der Waals surface area contributed by atoms with Gasteiger partial charge in [-0.2, -0.15) is 10.5 Å². The van der Waals surface area contributed by atoms with Gasteiger partial charge in [-0.25, -0.2) is 0 Å². The second kappa shape index (κ2) is 17.1. The Bertz CT molecular complexity index is 2630. The van der Waals surface area contributed by atoms with Crippen LogP contribution in [0.4, 0.5) is 22.7 Å². The van der Waals surface area contributed by atoms with Crippen LogP contribution in [0.1, 0.15) is 11.1 Å². The average molecular weight is 755 g/mol. The van der Waals surface area contributed by atoms with Gasteiger partial charge in [0.2, 0.25) is 0 Å². The van der Waals surface area contributed by atoms with Gasteiger partial charge in [0, 0.05) is 22.5 Å². The quantitative estimate of drug-likeness (QED) is 0.129. The fourth-order valence-electron chi connectivity index (χ4n) is 6.80. The van der Waals surface area contributed by atoms with Gasteiger partial charge in [0.25, 0.3) is 0 Å². The number of benzene rings is 8. The normalized spacial score (nSPS) is 10.9. The number of hydrogen-bond acceptors (Lipinski definition) is 4. The molecule has 0 bridgehead atoms. The molecular formula is C50H36N4P2. The molecule has 6 heteroatoms. The van der Waals surface area contributed by atoms with Crippen molar-refractivity contribution >= 4 is 65.8 Å². The van der Waals surface area contributed by atoms with E-state index in [0.29, 0.717) is 31.1 Å². The van der Waals surface area contributed by atoms with Crippen molar-refractivity contribution in [3.8, 4) is 34.4 Å². The fraction of sp³-hybridized carbons (Fsp3) is 0. The highest BCUT2D eigenvalue weighted by Crippen LogP contribution is 2.40. The van der Waals surface area contributed by atoms with Crippen molar-refractivity contribution in [1.82, 2.24) is 0 Å². The van der Waals surface area contributed by atoms with Crippen LogP contribution in [0.5, 0.6) is 0 Å². The van der Waals surface area contributed by atoms with Crippen molar-refractivity contribution in [3.05, 3.63) is 211 Å². The van der Waals surface area contributed by atoms with Gasteiger partial charge >= 0.3 is 0 Å². The summed E-state index contributed by atoms with van der Waals surface area (Å²) in [5.41, 5.74) is 7.99. The van der Waals surface area contributed by atoms with E-state index in [1.807, 2.05) is 30.3 Å². The summed E-state index contributed by atoms with van der Waals surface area (Å²) < 4.78 is 0. The molecule has 8 aromatic carbocycles. The molecule has 0 heterocycles. The van der Waals surface area contributed by atoms with Gasteiger partial charge in [0.05, 0.1) is 22.5 Å². The third kappa shape index (κ3) is 8.15. The Kier molecular flexibility index (Phi) is 11.1. The highest BCUT2D eigenvalue weighted by molar-refractivity contribution is 7.79. The zero-order valence-electron chi connectivity index (χ0n) is 30.4. The second-order valence-corrected chi connectivity index (χ2v) is 16.8. The van der Waals surface area contributed by atoms with Crippen molar-refractivity contribution in [3.63, 3.8) is 0 Å². The molecule has 0 aliphatic heterocycles. The zero-order chi connectivity index (χ0) is 38.1. The number of hydrogen-bond donors (Lipinski definition) is 2. The average Bonchev–Trinajstić information content (AvgIpc) is 3.26. The topological polar surface area (TPSA) is 71.6 Å². The molecule has 56 heavy (non-hydrogen) atoms. The molecule has 1 unspecified atom stereocenters. The van der Waals surface area contributed by atoms with E-state index in [1.165, 1.54) is 26.5 Å². The van der Waals surface area contributed by atoms with Gasteiger partial charge in [-0.05, 0) is 82.0 Å². The number of rotatable bonds is 11. The van der Waals surface area contributed by atoms with E-state index < -0.39 is 7.92 Å². The summed E-state index contributed by atoms with van der Waals surface area (Å²) in [6.07, 6.45) is 0. The molecule has 266 valence electrons. The molecule has 0 radical (unpaired) electrons. The minimum absolute atomic E-state index is 0.304. The molecule has 0 aromatic heterocycles. The van der Waals surface area contributed by atoms with Crippen LogP contribution in [0, 0.1) is 22.7 Å². The Morgan fingerprint density at radius 2 is 0.804 bits per heavy atom. The van der Waals surface area contributed by atoms with E-state index in [9.17, 15) is 10.5 Å². The van der Waals surface area contributed by atoms with Crippen LogP contribution < -0.4 is 37.2 Å². The van der Waals surface area contributed by atoms with E-state index in [0.717, 1.165) is 33.6 Å². The van der Waals surface area contributed by atoms with Gasteiger partial charge in [-0.15, -0.1) is 0 Å². The molecule has 1 atom stereocenters. The van der Waals surface area contributed by atoms with E-state index in [4.69, 9.17) is 0 Å². The maximum Gasteiger partial charge on any atom is 0.101 e. The third-order valence-corrected chi connectivity index (χ3v) is 13.1. The Hall–Kier alpha value is -6.80. The molecule has 0 saturated heterocycles. The molecule has 8 aromatic rings. The first-order valence-electron chi connectivity index (χ1n) is 18.3. The lowest BCUT2D eigenvalue weighted by molar-refractivity contribution is 1.41. The highest BCUT2D eigenvalue weighted by atomic mass is 31.1. The molecule has 0 aliphatic rings. The Morgan fingerprint density at radius 1 is 0.375 bits per heavy atom. The van der Waals surface area contributed by atoms with Crippen LogP contribution in [0.2, 0.25) is 0 Å². The summed E-state index contributed by atoms with van der Waals surface area (Å²) in [6, 6.07) is 73.8. The molecular weight excluding hydrogens is 719 g/mol. The van der Waals surface area contributed by atoms with Crippen LogP contribution >= 0.6 is 16.5 Å². The Morgan fingerprint density at radius 3 is 1.29 bits per heavy atom. The van der Waals surface area contributed by atoms with Crippen LogP contribution in [-0.2, 0) is 0 Å². The van der Waals surface area contributed by atoms with Crippen molar-refractivity contribution in [1.29, 1.82) is 10.5 Å². The second-order valence-electron chi connectivity index (χ2n) is 13.1. The largest absolute Gasteiger partial charge is 0.353 e. The number of nitrogens with zero attached hydrogens (tertiary/aromatic N) is 2. The Labute approximate surface area is 331 Å². The summed E-state index contributed by atoms with van der Waals surface area (Å²) in [4.78, 5) is 0. The minimum atomic E-state index is -0.842. The van der Waals surface area contributed by atoms with Crippen molar-refractivity contribution in [2.75, 3.05) is 10.6 Å². The molecule has 0 aliphatic carbocycles. The SMILES string of the molecule is N#Cc1cc(Nc2ccc(Pc3ccccc3)cc2-c2ccccc2)c(Nc2ccc(P(c3ccccc3)c3ccccc3)cc2-c2ccccc2)cc1C#N. The summed E-state index contributed by atoms with van der Waals surface area (Å²) in [6.45, 7) is 0. The maximum atomic E-state index is 10.2. The lowest BCUT2D eigenvalue weighted by Crippen LogP contribution is -2.20. The molecule has 8 rings (SSSR count). The Balaban J connectivity index is 1.23. The predicted octanol–water partition coefficient (Wildman–Crippen LogP) is 10.6. The van der Waals surface area contributed by atoms with Crippen LogP contribution in [0.15, 0.2) is 200 Å². The predicted molar refractivity (Wildman–Crippen MR) is 239 cm³/mol. The van der Waals surface area contributed by atoms with E-state index in [1.54, 1.807) is 12.1 Å². The molecule has 0 spiro atoms. The van der Waals surface area contributed by atoms with Crippen LogP contribution in [-0.4, -0.2) is 0 Å². The standard InChI is InChI=1S/C50H36N4P2/c51-34-38-30-49(53-47-28-26-41(55-40-20-10-3-11-21-40)32-45(47)36-16-6-1-7-17-36)50(31-39(38)35-52)54-48-29-27-44(33-46(48)37-18-8-2-9-19-37)56(42-22-12-4-13-23-42)43-24-14-5-15-25-43/h1-33,53-55H. The van der Waals surface area contributed by atoms with Gasteiger partial charge < -0.3 is 10.6 Å². The number of nitriles is 2. The van der Waals surface area contributed by atoms with Crippen molar-refractivity contribution in [2.45, 2.75) is 0 Å². The molecule has 0 saturated carbocycles. The maximum absolute atomic E-state index is 10.2. The van der Waals surface area contributed by atoms with E-state index in [2.05, 4.69) is 180 Å². The lowest BCUT2D eigenvalue weighted by Gasteiger charge is -2.23.